The number of rotatable bonds is 6. The minimum Gasteiger partial charge on any atom is -0.497 e. The van der Waals surface area contributed by atoms with Crippen LogP contribution in [0.3, 0.4) is 0 Å². The minimum atomic E-state index is -0.891. The first-order valence-corrected chi connectivity index (χ1v) is 7.60. The number of carbonyl (C=O) groups is 2. The summed E-state index contributed by atoms with van der Waals surface area (Å²) in [6, 6.07) is 5.35. The van der Waals surface area contributed by atoms with Crippen molar-refractivity contribution in [1.29, 1.82) is 0 Å². The molecule has 0 unspecified atom stereocenters. The van der Waals surface area contributed by atoms with Crippen LogP contribution in [0.5, 0.6) is 5.75 Å². The predicted molar refractivity (Wildman–Crippen MR) is 81.6 cm³/mol. The summed E-state index contributed by atoms with van der Waals surface area (Å²) >= 11 is 3.37. The quantitative estimate of drug-likeness (QED) is 0.851. The van der Waals surface area contributed by atoms with E-state index >= 15 is 0 Å². The SMILES string of the molecule is COc1ccc(Br)c(C(=O)N(C[C@@H](C)C(=O)O)C2CC2)c1. The number of aliphatic carboxylic acids is 1. The maximum atomic E-state index is 12.7. The Bertz CT molecular complexity index is 557. The fourth-order valence-corrected chi connectivity index (χ4v) is 2.52. The van der Waals surface area contributed by atoms with Crippen molar-refractivity contribution in [3.8, 4) is 5.75 Å². The predicted octanol–water partition coefficient (Wildman–Crippen LogP) is 2.78. The number of hydrogen-bond acceptors (Lipinski definition) is 3. The lowest BCUT2D eigenvalue weighted by Gasteiger charge is -2.25. The van der Waals surface area contributed by atoms with Crippen LogP contribution in [0.1, 0.15) is 30.1 Å². The monoisotopic (exact) mass is 355 g/mol. The summed E-state index contributed by atoms with van der Waals surface area (Å²) in [5.41, 5.74) is 0.499. The largest absolute Gasteiger partial charge is 0.497 e. The van der Waals surface area contributed by atoms with Gasteiger partial charge in [-0.1, -0.05) is 6.92 Å². The zero-order valence-electron chi connectivity index (χ0n) is 12.0. The van der Waals surface area contributed by atoms with Crippen LogP contribution >= 0.6 is 15.9 Å². The van der Waals surface area contributed by atoms with E-state index in [2.05, 4.69) is 15.9 Å². The van der Waals surface area contributed by atoms with Gasteiger partial charge in [0.15, 0.2) is 0 Å². The molecule has 1 aromatic carbocycles. The number of hydrogen-bond donors (Lipinski definition) is 1. The molecule has 0 bridgehead atoms. The van der Waals surface area contributed by atoms with Crippen LogP contribution in [0, 0.1) is 5.92 Å². The number of halogens is 1. The number of amides is 1. The van der Waals surface area contributed by atoms with Crippen molar-refractivity contribution < 1.29 is 19.4 Å². The number of carboxylic acid groups (broad SMARTS) is 1. The summed E-state index contributed by atoms with van der Waals surface area (Å²) in [5.74, 6) is -1.03. The lowest BCUT2D eigenvalue weighted by atomic mass is 10.1. The fourth-order valence-electron chi connectivity index (χ4n) is 2.11. The lowest BCUT2D eigenvalue weighted by molar-refractivity contribution is -0.141. The summed E-state index contributed by atoms with van der Waals surface area (Å²) in [6.45, 7) is 1.84. The van der Waals surface area contributed by atoms with Gasteiger partial charge >= 0.3 is 5.97 Å². The van der Waals surface area contributed by atoms with Crippen LogP contribution in [-0.4, -0.2) is 41.6 Å². The van der Waals surface area contributed by atoms with Crippen molar-refractivity contribution in [2.24, 2.45) is 5.92 Å². The average molecular weight is 356 g/mol. The normalized spacial score (nSPS) is 15.4. The van der Waals surface area contributed by atoms with Crippen molar-refractivity contribution in [3.63, 3.8) is 0 Å². The first-order chi connectivity index (χ1) is 9.93. The molecule has 1 N–H and O–H groups in total. The molecule has 114 valence electrons. The maximum absolute atomic E-state index is 12.7. The third-order valence-corrected chi connectivity index (χ3v) is 4.24. The minimum absolute atomic E-state index is 0.150. The lowest BCUT2D eigenvalue weighted by Crippen LogP contribution is -2.38. The molecule has 1 aliphatic rings. The van der Waals surface area contributed by atoms with Gasteiger partial charge in [0, 0.05) is 17.1 Å². The van der Waals surface area contributed by atoms with E-state index in [9.17, 15) is 9.59 Å². The Morgan fingerprint density at radius 3 is 2.67 bits per heavy atom. The van der Waals surface area contributed by atoms with Gasteiger partial charge in [-0.15, -0.1) is 0 Å². The van der Waals surface area contributed by atoms with Gasteiger partial charge in [0.1, 0.15) is 5.75 Å². The average Bonchev–Trinajstić information content (AvgIpc) is 3.28. The van der Waals surface area contributed by atoms with Gasteiger partial charge in [0.05, 0.1) is 18.6 Å². The number of ether oxygens (including phenoxy) is 1. The van der Waals surface area contributed by atoms with E-state index in [1.54, 1.807) is 37.1 Å². The van der Waals surface area contributed by atoms with Gasteiger partial charge in [0.2, 0.25) is 0 Å². The van der Waals surface area contributed by atoms with Gasteiger partial charge in [-0.2, -0.15) is 0 Å². The number of carbonyl (C=O) groups excluding carboxylic acids is 1. The molecule has 1 saturated carbocycles. The van der Waals surface area contributed by atoms with Crippen LogP contribution in [0.15, 0.2) is 22.7 Å². The molecule has 1 amide bonds. The summed E-state index contributed by atoms with van der Waals surface area (Å²) < 4.78 is 5.83. The first-order valence-electron chi connectivity index (χ1n) is 6.81. The molecule has 0 aromatic heterocycles. The molecule has 0 radical (unpaired) electrons. The van der Waals surface area contributed by atoms with E-state index in [-0.39, 0.29) is 18.5 Å². The molecule has 0 aliphatic heterocycles. The molecule has 1 aliphatic carbocycles. The highest BCUT2D eigenvalue weighted by Crippen LogP contribution is 2.31. The summed E-state index contributed by atoms with van der Waals surface area (Å²) in [7, 11) is 1.54. The first kappa shape index (κ1) is 15.8. The van der Waals surface area contributed by atoms with E-state index in [1.165, 1.54) is 0 Å². The van der Waals surface area contributed by atoms with Crippen LogP contribution < -0.4 is 4.74 Å². The maximum Gasteiger partial charge on any atom is 0.308 e. The van der Waals surface area contributed by atoms with Gasteiger partial charge in [0.25, 0.3) is 5.91 Å². The summed E-state index contributed by atoms with van der Waals surface area (Å²) in [6.07, 6.45) is 1.86. The van der Waals surface area contributed by atoms with Gasteiger partial charge in [-0.05, 0) is 47.0 Å². The standard InChI is InChI=1S/C15H18BrNO4/c1-9(15(19)20)8-17(10-3-4-10)14(18)12-7-11(21-2)5-6-13(12)16/h5-7,9-10H,3-4,8H2,1-2H3,(H,19,20)/t9-/m1/s1. The molecule has 1 aromatic rings. The van der Waals surface area contributed by atoms with E-state index in [1.807, 2.05) is 0 Å². The number of methoxy groups -OCH3 is 1. The second kappa shape index (κ2) is 6.47. The molecule has 2 rings (SSSR count). The summed E-state index contributed by atoms with van der Waals surface area (Å²) in [5, 5.41) is 9.05. The Morgan fingerprint density at radius 1 is 1.48 bits per heavy atom. The summed E-state index contributed by atoms with van der Waals surface area (Å²) in [4.78, 5) is 25.4. The second-order valence-corrected chi connectivity index (χ2v) is 6.13. The van der Waals surface area contributed by atoms with E-state index in [4.69, 9.17) is 9.84 Å². The molecule has 1 atom stereocenters. The third-order valence-electron chi connectivity index (χ3n) is 3.54. The van der Waals surface area contributed by atoms with Crippen LogP contribution in [0.2, 0.25) is 0 Å². The van der Waals surface area contributed by atoms with Gasteiger partial charge in [-0.25, -0.2) is 0 Å². The van der Waals surface area contributed by atoms with Gasteiger partial charge < -0.3 is 14.7 Å². The van der Waals surface area contributed by atoms with Crippen LogP contribution in [0.4, 0.5) is 0 Å². The van der Waals surface area contributed by atoms with E-state index in [0.717, 1.165) is 12.8 Å². The Kier molecular flexibility index (Phi) is 4.88. The highest BCUT2D eigenvalue weighted by Gasteiger charge is 2.35. The third kappa shape index (κ3) is 3.75. The molecular formula is C15H18BrNO4. The van der Waals surface area contributed by atoms with Crippen molar-refractivity contribution in [1.82, 2.24) is 4.90 Å². The molecule has 5 nitrogen and oxygen atoms in total. The van der Waals surface area contributed by atoms with E-state index < -0.39 is 11.9 Å². The fraction of sp³-hybridized carbons (Fsp3) is 0.467. The highest BCUT2D eigenvalue weighted by molar-refractivity contribution is 9.10. The number of benzene rings is 1. The zero-order chi connectivity index (χ0) is 15.6. The van der Waals surface area contributed by atoms with Crippen molar-refractivity contribution >= 4 is 27.8 Å². The Balaban J connectivity index is 2.24. The van der Waals surface area contributed by atoms with Crippen LogP contribution in [0.25, 0.3) is 0 Å². The molecule has 0 spiro atoms. The topological polar surface area (TPSA) is 66.8 Å². The Hall–Kier alpha value is -1.56. The highest BCUT2D eigenvalue weighted by atomic mass is 79.9. The van der Waals surface area contributed by atoms with Crippen LogP contribution in [-0.2, 0) is 4.79 Å². The Labute approximate surface area is 132 Å². The molecule has 0 saturated heterocycles. The van der Waals surface area contributed by atoms with Gasteiger partial charge in [-0.3, -0.25) is 9.59 Å². The zero-order valence-corrected chi connectivity index (χ0v) is 13.6. The van der Waals surface area contributed by atoms with Crippen molar-refractivity contribution in [2.45, 2.75) is 25.8 Å². The molecule has 1 fully saturated rings. The number of carboxylic acids is 1. The number of nitrogens with zero attached hydrogens (tertiary/aromatic N) is 1. The molecule has 21 heavy (non-hydrogen) atoms. The van der Waals surface area contributed by atoms with Crippen molar-refractivity contribution in [3.05, 3.63) is 28.2 Å². The van der Waals surface area contributed by atoms with Crippen molar-refractivity contribution in [2.75, 3.05) is 13.7 Å². The second-order valence-electron chi connectivity index (χ2n) is 5.27. The molecule has 0 heterocycles. The smallest absolute Gasteiger partial charge is 0.308 e. The van der Waals surface area contributed by atoms with E-state index in [0.29, 0.717) is 15.8 Å². The Morgan fingerprint density at radius 2 is 2.14 bits per heavy atom. The molecule has 6 heteroatoms. The molecular weight excluding hydrogens is 338 g/mol.